The number of benzene rings is 1. The van der Waals surface area contributed by atoms with Gasteiger partial charge in [-0.2, -0.15) is 0 Å². The fourth-order valence-electron chi connectivity index (χ4n) is 3.16. The Bertz CT molecular complexity index is 611. The highest BCUT2D eigenvalue weighted by Gasteiger charge is 2.32. The molecule has 3 rings (SSSR count). The maximum absolute atomic E-state index is 11.6. The molecule has 0 bridgehead atoms. The van der Waals surface area contributed by atoms with Gasteiger partial charge in [0.15, 0.2) is 11.5 Å². The number of aromatic nitrogens is 1. The van der Waals surface area contributed by atoms with E-state index in [1.54, 1.807) is 6.92 Å². The largest absolute Gasteiger partial charge is 0.481 e. The monoisotopic (exact) mass is 259 g/mol. The van der Waals surface area contributed by atoms with Crippen LogP contribution in [0.3, 0.4) is 0 Å². The number of carboxylic acid groups (broad SMARTS) is 1. The van der Waals surface area contributed by atoms with Crippen molar-refractivity contribution in [2.24, 2.45) is 5.92 Å². The van der Waals surface area contributed by atoms with Crippen molar-refractivity contribution in [2.45, 2.75) is 38.5 Å². The summed E-state index contributed by atoms with van der Waals surface area (Å²) in [6.45, 7) is 1.80. The number of carbonyl (C=O) groups is 1. The molecule has 2 aromatic rings. The van der Waals surface area contributed by atoms with Crippen molar-refractivity contribution >= 4 is 17.1 Å². The van der Waals surface area contributed by atoms with Gasteiger partial charge in [-0.3, -0.25) is 4.79 Å². The molecule has 1 unspecified atom stereocenters. The molecule has 0 amide bonds. The normalized spacial score (nSPS) is 17.9. The minimum atomic E-state index is -0.734. The number of hydrogen-bond acceptors (Lipinski definition) is 3. The number of carboxylic acids is 1. The maximum Gasteiger partial charge on any atom is 0.311 e. The highest BCUT2D eigenvalue weighted by molar-refractivity contribution is 5.80. The molecule has 1 heterocycles. The van der Waals surface area contributed by atoms with E-state index in [0.717, 1.165) is 36.8 Å². The van der Waals surface area contributed by atoms with Gasteiger partial charge in [0.2, 0.25) is 0 Å². The molecule has 1 aromatic heterocycles. The number of oxazole rings is 1. The fraction of sp³-hybridized carbons (Fsp3) is 0.467. The average Bonchev–Trinajstić information content (AvgIpc) is 2.96. The average molecular weight is 259 g/mol. The first kappa shape index (κ1) is 12.2. The Morgan fingerprint density at radius 3 is 2.84 bits per heavy atom. The van der Waals surface area contributed by atoms with Crippen molar-refractivity contribution in [1.29, 1.82) is 0 Å². The van der Waals surface area contributed by atoms with Gasteiger partial charge in [0, 0.05) is 6.92 Å². The van der Waals surface area contributed by atoms with Crippen LogP contribution in [0.1, 0.15) is 43.1 Å². The third-order valence-electron chi connectivity index (χ3n) is 4.02. The summed E-state index contributed by atoms with van der Waals surface area (Å²) < 4.78 is 5.50. The van der Waals surface area contributed by atoms with Gasteiger partial charge in [0.25, 0.3) is 0 Å². The van der Waals surface area contributed by atoms with Crippen molar-refractivity contribution in [1.82, 2.24) is 4.98 Å². The first-order valence-electron chi connectivity index (χ1n) is 6.75. The number of aliphatic carboxylic acids is 1. The summed E-state index contributed by atoms with van der Waals surface area (Å²) in [6.07, 6.45) is 4.28. The first-order chi connectivity index (χ1) is 9.15. The summed E-state index contributed by atoms with van der Waals surface area (Å²) >= 11 is 0. The van der Waals surface area contributed by atoms with Gasteiger partial charge in [-0.1, -0.05) is 18.9 Å². The van der Waals surface area contributed by atoms with Gasteiger partial charge in [0.1, 0.15) is 5.52 Å². The van der Waals surface area contributed by atoms with E-state index in [1.165, 1.54) is 0 Å². The van der Waals surface area contributed by atoms with Crippen LogP contribution in [-0.4, -0.2) is 16.1 Å². The molecular weight excluding hydrogens is 242 g/mol. The van der Waals surface area contributed by atoms with Crippen LogP contribution >= 0.6 is 0 Å². The van der Waals surface area contributed by atoms with Gasteiger partial charge in [-0.05, 0) is 36.5 Å². The third kappa shape index (κ3) is 2.23. The second-order valence-corrected chi connectivity index (χ2v) is 5.32. The van der Waals surface area contributed by atoms with Crippen LogP contribution in [0.25, 0.3) is 11.1 Å². The van der Waals surface area contributed by atoms with E-state index in [1.807, 2.05) is 18.2 Å². The highest BCUT2D eigenvalue weighted by Crippen LogP contribution is 2.38. The van der Waals surface area contributed by atoms with Crippen molar-refractivity contribution in [2.75, 3.05) is 0 Å². The Morgan fingerprint density at radius 1 is 1.42 bits per heavy atom. The molecule has 1 saturated carbocycles. The van der Waals surface area contributed by atoms with E-state index in [4.69, 9.17) is 4.42 Å². The standard InChI is InChI=1S/C15H17NO3/c1-9-16-12-7-6-11(8-13(12)19-9)14(15(17)18)10-4-2-3-5-10/h6-8,10,14H,2-5H2,1H3,(H,17,18). The van der Waals surface area contributed by atoms with Crippen molar-refractivity contribution in [3.8, 4) is 0 Å². The Kier molecular flexibility index (Phi) is 3.01. The molecule has 1 atom stereocenters. The van der Waals surface area contributed by atoms with Crippen LogP contribution in [0.15, 0.2) is 22.6 Å². The Balaban J connectivity index is 2.01. The lowest BCUT2D eigenvalue weighted by Crippen LogP contribution is -2.19. The number of rotatable bonds is 3. The molecule has 1 aliphatic carbocycles. The topological polar surface area (TPSA) is 63.3 Å². The highest BCUT2D eigenvalue weighted by atomic mass is 16.4. The number of hydrogen-bond donors (Lipinski definition) is 1. The zero-order chi connectivity index (χ0) is 13.4. The molecular formula is C15H17NO3. The van der Waals surface area contributed by atoms with Crippen LogP contribution in [0.2, 0.25) is 0 Å². The summed E-state index contributed by atoms with van der Waals surface area (Å²) in [5.74, 6) is -0.293. The zero-order valence-corrected chi connectivity index (χ0v) is 10.9. The van der Waals surface area contributed by atoms with Crippen molar-refractivity contribution in [3.63, 3.8) is 0 Å². The maximum atomic E-state index is 11.6. The molecule has 4 nitrogen and oxygen atoms in total. The molecule has 0 spiro atoms. The van der Waals surface area contributed by atoms with Crippen LogP contribution < -0.4 is 0 Å². The first-order valence-corrected chi connectivity index (χ1v) is 6.75. The van der Waals surface area contributed by atoms with E-state index >= 15 is 0 Å². The lowest BCUT2D eigenvalue weighted by Gasteiger charge is -2.19. The molecule has 1 fully saturated rings. The molecule has 0 saturated heterocycles. The quantitative estimate of drug-likeness (QED) is 0.916. The number of nitrogens with zero attached hydrogens (tertiary/aromatic N) is 1. The van der Waals surface area contributed by atoms with Gasteiger partial charge < -0.3 is 9.52 Å². The van der Waals surface area contributed by atoms with Gasteiger partial charge in [-0.15, -0.1) is 0 Å². The predicted octanol–water partition coefficient (Wildman–Crippen LogP) is 3.49. The third-order valence-corrected chi connectivity index (χ3v) is 4.02. The summed E-state index contributed by atoms with van der Waals surface area (Å²) in [4.78, 5) is 15.8. The van der Waals surface area contributed by atoms with E-state index in [-0.39, 0.29) is 5.92 Å². The molecule has 0 radical (unpaired) electrons. The van der Waals surface area contributed by atoms with Gasteiger partial charge >= 0.3 is 5.97 Å². The van der Waals surface area contributed by atoms with Gasteiger partial charge in [-0.25, -0.2) is 4.98 Å². The van der Waals surface area contributed by atoms with E-state index < -0.39 is 11.9 Å². The summed E-state index contributed by atoms with van der Waals surface area (Å²) in [7, 11) is 0. The molecule has 4 heteroatoms. The molecule has 1 aliphatic rings. The summed E-state index contributed by atoms with van der Waals surface area (Å²) in [5.41, 5.74) is 2.30. The number of aryl methyl sites for hydroxylation is 1. The van der Waals surface area contributed by atoms with Gasteiger partial charge in [0.05, 0.1) is 5.92 Å². The van der Waals surface area contributed by atoms with Crippen molar-refractivity contribution < 1.29 is 14.3 Å². The lowest BCUT2D eigenvalue weighted by atomic mass is 9.85. The minimum absolute atomic E-state index is 0.249. The van der Waals surface area contributed by atoms with E-state index in [2.05, 4.69) is 4.98 Å². The van der Waals surface area contributed by atoms with E-state index in [9.17, 15) is 9.90 Å². The lowest BCUT2D eigenvalue weighted by molar-refractivity contribution is -0.140. The minimum Gasteiger partial charge on any atom is -0.481 e. The SMILES string of the molecule is Cc1nc2ccc(C(C(=O)O)C3CCCC3)cc2o1. The zero-order valence-electron chi connectivity index (χ0n) is 10.9. The van der Waals surface area contributed by atoms with Crippen molar-refractivity contribution in [3.05, 3.63) is 29.7 Å². The molecule has 1 aromatic carbocycles. The Labute approximate surface area is 111 Å². The number of fused-ring (bicyclic) bond motifs is 1. The van der Waals surface area contributed by atoms with Crippen LogP contribution in [-0.2, 0) is 4.79 Å². The van der Waals surface area contributed by atoms with Crippen LogP contribution in [0, 0.1) is 12.8 Å². The van der Waals surface area contributed by atoms with E-state index in [0.29, 0.717) is 11.5 Å². The summed E-state index contributed by atoms with van der Waals surface area (Å²) in [6, 6.07) is 5.57. The Morgan fingerprint density at radius 2 is 2.16 bits per heavy atom. The predicted molar refractivity (Wildman–Crippen MR) is 71.1 cm³/mol. The van der Waals surface area contributed by atoms with Crippen LogP contribution in [0.5, 0.6) is 0 Å². The molecule has 0 aliphatic heterocycles. The Hall–Kier alpha value is -1.84. The van der Waals surface area contributed by atoms with Crippen LogP contribution in [0.4, 0.5) is 0 Å². The molecule has 1 N–H and O–H groups in total. The second kappa shape index (κ2) is 4.68. The molecule has 19 heavy (non-hydrogen) atoms. The smallest absolute Gasteiger partial charge is 0.311 e. The fourth-order valence-corrected chi connectivity index (χ4v) is 3.16. The molecule has 100 valence electrons. The summed E-state index contributed by atoms with van der Waals surface area (Å²) in [5, 5.41) is 9.52. The second-order valence-electron chi connectivity index (χ2n) is 5.32.